The number of pyridine rings is 1. The largest absolute Gasteiger partial charge is 0.379 e. The van der Waals surface area contributed by atoms with Crippen LogP contribution in [0.2, 0.25) is 0 Å². The lowest BCUT2D eigenvalue weighted by molar-refractivity contribution is 0.126. The Morgan fingerprint density at radius 2 is 2.06 bits per heavy atom. The molecule has 2 rings (SSSR count). The van der Waals surface area contributed by atoms with Gasteiger partial charge in [-0.3, -0.25) is 0 Å². The van der Waals surface area contributed by atoms with Gasteiger partial charge in [-0.05, 0) is 24.6 Å². The van der Waals surface area contributed by atoms with Crippen molar-refractivity contribution in [3.8, 4) is 0 Å². The summed E-state index contributed by atoms with van der Waals surface area (Å²) in [6.07, 6.45) is 0.921. The first-order valence-corrected chi connectivity index (χ1v) is 5.29. The summed E-state index contributed by atoms with van der Waals surface area (Å²) in [4.78, 5) is 9.25. The van der Waals surface area contributed by atoms with Crippen molar-refractivity contribution in [2.24, 2.45) is 10.4 Å². The van der Waals surface area contributed by atoms with Gasteiger partial charge in [0.15, 0.2) is 5.82 Å². The number of para-hydroxylation sites is 1. The zero-order valence-corrected chi connectivity index (χ0v) is 9.13. The van der Waals surface area contributed by atoms with Crippen molar-refractivity contribution in [3.63, 3.8) is 0 Å². The van der Waals surface area contributed by atoms with E-state index in [-0.39, 0.29) is 0 Å². The van der Waals surface area contributed by atoms with Crippen molar-refractivity contribution in [1.82, 2.24) is 4.98 Å². The quantitative estimate of drug-likeness (QED) is 0.444. The normalized spacial score (nSPS) is 11.1. The van der Waals surface area contributed by atoms with E-state index in [4.69, 9.17) is 4.84 Å². The molecule has 1 aromatic heterocycles. The lowest BCUT2D eigenvalue weighted by Gasteiger charge is -1.97. The van der Waals surface area contributed by atoms with E-state index in [0.717, 1.165) is 17.3 Å². The van der Waals surface area contributed by atoms with Crippen molar-refractivity contribution in [2.75, 3.05) is 6.61 Å². The highest BCUT2D eigenvalue weighted by Gasteiger charge is 1.95. The van der Waals surface area contributed by atoms with Crippen LogP contribution >= 0.6 is 0 Å². The molecule has 82 valence electrons. The van der Waals surface area contributed by atoms with Crippen LogP contribution in [0.4, 0.5) is 5.82 Å². The van der Waals surface area contributed by atoms with Crippen LogP contribution in [-0.4, -0.2) is 11.6 Å². The summed E-state index contributed by atoms with van der Waals surface area (Å²) in [5.41, 5.74) is 0.912. The van der Waals surface area contributed by atoms with Crippen molar-refractivity contribution >= 4 is 16.7 Å². The molecule has 0 radical (unpaired) electrons. The number of rotatable bonds is 4. The van der Waals surface area contributed by atoms with Crippen LogP contribution in [0.15, 0.2) is 46.8 Å². The molecule has 4 heteroatoms. The average Bonchev–Trinajstić information content (AvgIpc) is 2.34. The predicted octanol–water partition coefficient (Wildman–Crippen LogP) is 3.66. The van der Waals surface area contributed by atoms with Gasteiger partial charge in [0.05, 0.1) is 5.52 Å². The van der Waals surface area contributed by atoms with Gasteiger partial charge < -0.3 is 4.84 Å². The maximum Gasteiger partial charge on any atom is 0.178 e. The fourth-order valence-electron chi connectivity index (χ4n) is 1.31. The summed E-state index contributed by atoms with van der Waals surface area (Å²) >= 11 is 0. The number of aromatic nitrogens is 1. The van der Waals surface area contributed by atoms with Gasteiger partial charge in [0.2, 0.25) is 0 Å². The van der Waals surface area contributed by atoms with Gasteiger partial charge >= 0.3 is 0 Å². The van der Waals surface area contributed by atoms with E-state index in [2.05, 4.69) is 15.4 Å². The van der Waals surface area contributed by atoms with E-state index >= 15 is 0 Å². The second-order valence-corrected chi connectivity index (χ2v) is 3.38. The Morgan fingerprint density at radius 1 is 1.19 bits per heavy atom. The zero-order chi connectivity index (χ0) is 11.2. The van der Waals surface area contributed by atoms with Crippen molar-refractivity contribution in [2.45, 2.75) is 13.3 Å². The van der Waals surface area contributed by atoms with Gasteiger partial charge in [0.25, 0.3) is 0 Å². The van der Waals surface area contributed by atoms with Crippen LogP contribution in [0, 0.1) is 0 Å². The smallest absolute Gasteiger partial charge is 0.178 e. The molecule has 4 nitrogen and oxygen atoms in total. The maximum atomic E-state index is 4.92. The minimum Gasteiger partial charge on any atom is -0.379 e. The van der Waals surface area contributed by atoms with Gasteiger partial charge in [-0.1, -0.05) is 30.2 Å². The third-order valence-corrected chi connectivity index (χ3v) is 2.08. The van der Waals surface area contributed by atoms with Crippen molar-refractivity contribution in [3.05, 3.63) is 36.4 Å². The molecule has 0 aliphatic carbocycles. The van der Waals surface area contributed by atoms with E-state index in [1.54, 1.807) is 0 Å². The molecule has 0 aliphatic rings. The molecule has 0 N–H and O–H groups in total. The molecule has 16 heavy (non-hydrogen) atoms. The molecule has 2 aromatic rings. The Balaban J connectivity index is 2.16. The van der Waals surface area contributed by atoms with Crippen LogP contribution in [-0.2, 0) is 4.84 Å². The maximum absolute atomic E-state index is 4.92. The second-order valence-electron chi connectivity index (χ2n) is 3.38. The molecule has 0 amide bonds. The Labute approximate surface area is 93.9 Å². The molecule has 0 spiro atoms. The molecule has 1 heterocycles. The number of hydrogen-bond acceptors (Lipinski definition) is 4. The van der Waals surface area contributed by atoms with Crippen LogP contribution in [0.1, 0.15) is 13.3 Å². The fraction of sp³-hybridized carbons (Fsp3) is 0.250. The van der Waals surface area contributed by atoms with E-state index in [1.807, 2.05) is 43.3 Å². The van der Waals surface area contributed by atoms with Crippen molar-refractivity contribution in [1.29, 1.82) is 0 Å². The summed E-state index contributed by atoms with van der Waals surface area (Å²) in [5, 5.41) is 8.58. The molecule has 1 aromatic carbocycles. The minimum absolute atomic E-state index is 0.565. The topological polar surface area (TPSA) is 46.8 Å². The van der Waals surface area contributed by atoms with Crippen LogP contribution in [0.25, 0.3) is 10.9 Å². The summed E-state index contributed by atoms with van der Waals surface area (Å²) in [5.74, 6) is 0.565. The molecule has 0 saturated heterocycles. The molecule has 0 saturated carbocycles. The third-order valence-electron chi connectivity index (χ3n) is 2.08. The first-order valence-electron chi connectivity index (χ1n) is 5.29. The van der Waals surface area contributed by atoms with E-state index in [9.17, 15) is 0 Å². The van der Waals surface area contributed by atoms with Crippen LogP contribution < -0.4 is 0 Å². The summed E-state index contributed by atoms with van der Waals surface area (Å²) in [6, 6.07) is 11.7. The van der Waals surface area contributed by atoms with E-state index in [0.29, 0.717) is 12.4 Å². The SMILES string of the molecule is CCCON=Nc1ccc2ccccc2n1. The highest BCUT2D eigenvalue weighted by atomic mass is 16.6. The standard InChI is InChI=1S/C12H13N3O/c1-2-9-16-15-14-12-8-7-10-5-3-4-6-11(10)13-12/h3-8H,2,9H2,1H3. The second kappa shape index (κ2) is 5.21. The fourth-order valence-corrected chi connectivity index (χ4v) is 1.31. The Bertz CT molecular complexity index is 496. The Hall–Kier alpha value is -1.97. The van der Waals surface area contributed by atoms with Gasteiger partial charge in [0, 0.05) is 10.7 Å². The average molecular weight is 215 g/mol. The van der Waals surface area contributed by atoms with Crippen LogP contribution in [0.3, 0.4) is 0 Å². The molecular weight excluding hydrogens is 202 g/mol. The number of fused-ring (bicyclic) bond motifs is 1. The number of nitrogens with zero attached hydrogens (tertiary/aromatic N) is 3. The minimum atomic E-state index is 0.565. The first kappa shape index (κ1) is 10.5. The van der Waals surface area contributed by atoms with Gasteiger partial charge in [0.1, 0.15) is 6.61 Å². The third kappa shape index (κ3) is 2.53. The predicted molar refractivity (Wildman–Crippen MR) is 62.5 cm³/mol. The van der Waals surface area contributed by atoms with E-state index in [1.165, 1.54) is 0 Å². The van der Waals surface area contributed by atoms with Gasteiger partial charge in [-0.25, -0.2) is 4.98 Å². The van der Waals surface area contributed by atoms with Gasteiger partial charge in [-0.2, -0.15) is 0 Å². The summed E-state index contributed by atoms with van der Waals surface area (Å²) in [6.45, 7) is 2.60. The lowest BCUT2D eigenvalue weighted by atomic mass is 10.2. The highest BCUT2D eigenvalue weighted by Crippen LogP contribution is 2.16. The summed E-state index contributed by atoms with van der Waals surface area (Å²) < 4.78 is 0. The number of hydrogen-bond donors (Lipinski definition) is 0. The molecule has 0 aliphatic heterocycles. The highest BCUT2D eigenvalue weighted by molar-refractivity contribution is 5.79. The first-order chi connectivity index (χ1) is 7.90. The molecule has 0 fully saturated rings. The molecule has 0 atom stereocenters. The Morgan fingerprint density at radius 3 is 2.94 bits per heavy atom. The van der Waals surface area contributed by atoms with Crippen molar-refractivity contribution < 1.29 is 4.84 Å². The lowest BCUT2D eigenvalue weighted by Crippen LogP contribution is -1.82. The van der Waals surface area contributed by atoms with Crippen LogP contribution in [0.5, 0.6) is 0 Å². The molecule has 0 bridgehead atoms. The van der Waals surface area contributed by atoms with Gasteiger partial charge in [-0.15, -0.1) is 0 Å². The zero-order valence-electron chi connectivity index (χ0n) is 9.13. The molecular formula is C12H13N3O. The number of benzene rings is 1. The monoisotopic (exact) mass is 215 g/mol. The molecule has 0 unspecified atom stereocenters. The summed E-state index contributed by atoms with van der Waals surface area (Å²) in [7, 11) is 0. The van der Waals surface area contributed by atoms with E-state index < -0.39 is 0 Å². The Kier molecular flexibility index (Phi) is 3.43.